The summed E-state index contributed by atoms with van der Waals surface area (Å²) in [6.45, 7) is 6.83. The topological polar surface area (TPSA) is 12.0 Å². The van der Waals surface area contributed by atoms with Gasteiger partial charge in [-0.05, 0) is 45.1 Å². The third-order valence-corrected chi connectivity index (χ3v) is 4.52. The smallest absolute Gasteiger partial charge is 0.0209 e. The molecule has 0 aliphatic heterocycles. The maximum Gasteiger partial charge on any atom is 0.0209 e. The molecule has 1 aromatic carbocycles. The maximum absolute atomic E-state index is 3.83. The summed E-state index contributed by atoms with van der Waals surface area (Å²) in [7, 11) is 0. The molecule has 0 radical (unpaired) electrons. The summed E-state index contributed by atoms with van der Waals surface area (Å²) in [6.07, 6.45) is 4.18. The van der Waals surface area contributed by atoms with E-state index in [-0.39, 0.29) is 5.54 Å². The molecule has 92 valence electrons. The second kappa shape index (κ2) is 3.58. The molecule has 0 aromatic heterocycles. The van der Waals surface area contributed by atoms with E-state index in [0.717, 1.165) is 5.92 Å². The molecule has 1 heteroatoms. The molecule has 2 aliphatic carbocycles. The van der Waals surface area contributed by atoms with E-state index >= 15 is 0 Å². The van der Waals surface area contributed by atoms with Gasteiger partial charge in [-0.3, -0.25) is 0 Å². The van der Waals surface area contributed by atoms with Crippen molar-refractivity contribution in [2.24, 2.45) is 5.92 Å². The van der Waals surface area contributed by atoms with Crippen molar-refractivity contribution in [2.75, 3.05) is 0 Å². The Morgan fingerprint density at radius 1 is 1.18 bits per heavy atom. The lowest BCUT2D eigenvalue weighted by Crippen LogP contribution is -2.41. The zero-order valence-corrected chi connectivity index (χ0v) is 11.2. The van der Waals surface area contributed by atoms with Crippen LogP contribution in [0, 0.1) is 5.92 Å². The van der Waals surface area contributed by atoms with Crippen LogP contribution in [-0.4, -0.2) is 11.6 Å². The van der Waals surface area contributed by atoms with Gasteiger partial charge in [-0.25, -0.2) is 0 Å². The standard InChI is InChI=1S/C16H23N/c1-15(2,3)17-14-13-10-7-11-16(13,14)12-8-5-4-6-9-12/h4-6,8-9,13-14,17H,7,10-11H2,1-3H3/t13?,14-,16?/m1/s1. The first-order valence-electron chi connectivity index (χ1n) is 6.87. The molecule has 0 bridgehead atoms. The predicted molar refractivity (Wildman–Crippen MR) is 72.1 cm³/mol. The molecule has 0 saturated heterocycles. The van der Waals surface area contributed by atoms with Crippen LogP contribution in [-0.2, 0) is 5.41 Å². The van der Waals surface area contributed by atoms with Crippen molar-refractivity contribution in [1.82, 2.24) is 5.32 Å². The average molecular weight is 229 g/mol. The molecule has 1 nitrogen and oxygen atoms in total. The van der Waals surface area contributed by atoms with Crippen LogP contribution >= 0.6 is 0 Å². The highest BCUT2D eigenvalue weighted by Gasteiger charge is 2.67. The maximum atomic E-state index is 3.83. The van der Waals surface area contributed by atoms with Crippen molar-refractivity contribution < 1.29 is 0 Å². The van der Waals surface area contributed by atoms with E-state index in [1.165, 1.54) is 19.3 Å². The third-order valence-electron chi connectivity index (χ3n) is 4.52. The summed E-state index contributed by atoms with van der Waals surface area (Å²) >= 11 is 0. The summed E-state index contributed by atoms with van der Waals surface area (Å²) < 4.78 is 0. The molecule has 2 saturated carbocycles. The van der Waals surface area contributed by atoms with Crippen molar-refractivity contribution >= 4 is 0 Å². The van der Waals surface area contributed by atoms with Crippen LogP contribution in [0.2, 0.25) is 0 Å². The molecule has 0 amide bonds. The van der Waals surface area contributed by atoms with Gasteiger partial charge >= 0.3 is 0 Å². The van der Waals surface area contributed by atoms with E-state index in [1.807, 2.05) is 0 Å². The highest BCUT2D eigenvalue weighted by atomic mass is 15.1. The van der Waals surface area contributed by atoms with Crippen molar-refractivity contribution in [3.8, 4) is 0 Å². The van der Waals surface area contributed by atoms with Gasteiger partial charge in [0, 0.05) is 17.0 Å². The van der Waals surface area contributed by atoms with Gasteiger partial charge < -0.3 is 5.32 Å². The van der Waals surface area contributed by atoms with Crippen LogP contribution in [0.15, 0.2) is 30.3 Å². The molecule has 1 aromatic rings. The van der Waals surface area contributed by atoms with Gasteiger partial charge in [-0.2, -0.15) is 0 Å². The van der Waals surface area contributed by atoms with Gasteiger partial charge in [0.15, 0.2) is 0 Å². The van der Waals surface area contributed by atoms with Gasteiger partial charge in [0.2, 0.25) is 0 Å². The molecule has 0 heterocycles. The number of nitrogens with one attached hydrogen (secondary N) is 1. The van der Waals surface area contributed by atoms with E-state index in [9.17, 15) is 0 Å². The zero-order chi connectivity index (χ0) is 12.1. The summed E-state index contributed by atoms with van der Waals surface area (Å²) in [6, 6.07) is 11.8. The van der Waals surface area contributed by atoms with Crippen LogP contribution in [0.3, 0.4) is 0 Å². The van der Waals surface area contributed by atoms with Gasteiger partial charge in [0.1, 0.15) is 0 Å². The van der Waals surface area contributed by atoms with E-state index in [0.29, 0.717) is 11.5 Å². The molecule has 2 fully saturated rings. The normalized spacial score (nSPS) is 35.7. The van der Waals surface area contributed by atoms with Crippen LogP contribution < -0.4 is 5.32 Å². The summed E-state index contributed by atoms with van der Waals surface area (Å²) in [5.41, 5.74) is 2.26. The highest BCUT2D eigenvalue weighted by Crippen LogP contribution is 2.64. The molecule has 3 atom stereocenters. The molecule has 3 rings (SSSR count). The van der Waals surface area contributed by atoms with Crippen molar-refractivity contribution in [3.63, 3.8) is 0 Å². The SMILES string of the molecule is CC(C)(C)N[C@@H]1C2CCCC21c1ccccc1. The van der Waals surface area contributed by atoms with Crippen molar-refractivity contribution in [2.45, 2.75) is 57.0 Å². The fourth-order valence-corrected chi connectivity index (χ4v) is 3.88. The number of fused-ring (bicyclic) bond motifs is 1. The quantitative estimate of drug-likeness (QED) is 0.818. The Labute approximate surface area is 105 Å². The molecular weight excluding hydrogens is 206 g/mol. The Morgan fingerprint density at radius 3 is 2.53 bits per heavy atom. The largest absolute Gasteiger partial charge is 0.308 e. The van der Waals surface area contributed by atoms with E-state index in [4.69, 9.17) is 0 Å². The van der Waals surface area contributed by atoms with E-state index in [2.05, 4.69) is 56.4 Å². The predicted octanol–water partition coefficient (Wildman–Crippen LogP) is 3.49. The van der Waals surface area contributed by atoms with Crippen LogP contribution in [0.5, 0.6) is 0 Å². The van der Waals surface area contributed by atoms with E-state index in [1.54, 1.807) is 5.56 Å². The Hall–Kier alpha value is -0.820. The number of benzene rings is 1. The minimum atomic E-state index is 0.233. The summed E-state index contributed by atoms with van der Waals surface area (Å²) in [5, 5.41) is 3.83. The first-order valence-corrected chi connectivity index (χ1v) is 6.87. The Bertz CT molecular complexity index is 403. The number of hydrogen-bond donors (Lipinski definition) is 1. The van der Waals surface area contributed by atoms with Gasteiger partial charge in [0.05, 0.1) is 0 Å². The molecule has 2 aliphatic rings. The van der Waals surface area contributed by atoms with Crippen molar-refractivity contribution in [1.29, 1.82) is 0 Å². The molecule has 0 spiro atoms. The zero-order valence-electron chi connectivity index (χ0n) is 11.2. The highest BCUT2D eigenvalue weighted by molar-refractivity contribution is 5.41. The van der Waals surface area contributed by atoms with E-state index < -0.39 is 0 Å². The molecule has 2 unspecified atom stereocenters. The lowest BCUT2D eigenvalue weighted by atomic mass is 9.92. The minimum absolute atomic E-state index is 0.233. The third kappa shape index (κ3) is 1.72. The van der Waals surface area contributed by atoms with Crippen LogP contribution in [0.4, 0.5) is 0 Å². The van der Waals surface area contributed by atoms with Gasteiger partial charge in [-0.15, -0.1) is 0 Å². The van der Waals surface area contributed by atoms with Gasteiger partial charge in [0.25, 0.3) is 0 Å². The Balaban J connectivity index is 1.87. The lowest BCUT2D eigenvalue weighted by Gasteiger charge is -2.25. The number of rotatable bonds is 2. The summed E-state index contributed by atoms with van der Waals surface area (Å²) in [5.74, 6) is 0.879. The fraction of sp³-hybridized carbons (Fsp3) is 0.625. The Morgan fingerprint density at radius 2 is 1.88 bits per heavy atom. The first kappa shape index (κ1) is 11.3. The molecular formula is C16H23N. The first-order chi connectivity index (χ1) is 8.04. The Kier molecular flexibility index (Phi) is 2.38. The number of hydrogen-bond acceptors (Lipinski definition) is 1. The fourth-order valence-electron chi connectivity index (χ4n) is 3.88. The van der Waals surface area contributed by atoms with Gasteiger partial charge in [-0.1, -0.05) is 36.8 Å². The summed E-state index contributed by atoms with van der Waals surface area (Å²) in [4.78, 5) is 0. The lowest BCUT2D eigenvalue weighted by molar-refractivity contribution is 0.382. The second-order valence-corrected chi connectivity index (χ2v) is 6.78. The monoisotopic (exact) mass is 229 g/mol. The average Bonchev–Trinajstić information content (AvgIpc) is 2.71. The van der Waals surface area contributed by atoms with Crippen LogP contribution in [0.1, 0.15) is 45.6 Å². The second-order valence-electron chi connectivity index (χ2n) is 6.78. The molecule has 1 N–H and O–H groups in total. The van der Waals surface area contributed by atoms with Crippen LogP contribution in [0.25, 0.3) is 0 Å². The molecule has 17 heavy (non-hydrogen) atoms. The minimum Gasteiger partial charge on any atom is -0.308 e. The van der Waals surface area contributed by atoms with Crippen molar-refractivity contribution in [3.05, 3.63) is 35.9 Å².